The summed E-state index contributed by atoms with van der Waals surface area (Å²) in [6.45, 7) is 6.27. The Balaban J connectivity index is 1.13. The number of sulfonamides is 1. The number of hydrazine groups is 1. The number of ether oxygens (including phenoxy) is 1. The molecule has 0 bridgehead atoms. The number of rotatable bonds is 24. The van der Waals surface area contributed by atoms with Gasteiger partial charge in [0, 0.05) is 37.2 Å². The van der Waals surface area contributed by atoms with Crippen LogP contribution in [0.1, 0.15) is 79.8 Å². The van der Waals surface area contributed by atoms with Crippen LogP contribution in [0.4, 0.5) is 11.4 Å². The first kappa shape index (κ1) is 40.7. The van der Waals surface area contributed by atoms with Gasteiger partial charge in [-0.2, -0.15) is 4.57 Å². The van der Waals surface area contributed by atoms with Crippen LogP contribution in [0.15, 0.2) is 96.4 Å². The third-order valence-electron chi connectivity index (χ3n) is 8.22. The molecule has 284 valence electrons. The van der Waals surface area contributed by atoms with Crippen molar-refractivity contribution in [1.29, 1.82) is 0 Å². The van der Waals surface area contributed by atoms with E-state index >= 15 is 0 Å². The molecule has 2 aromatic heterocycles. The summed E-state index contributed by atoms with van der Waals surface area (Å²) in [6, 6.07) is 18.7. The van der Waals surface area contributed by atoms with E-state index in [0.29, 0.717) is 48.0 Å². The van der Waals surface area contributed by atoms with E-state index in [0.717, 1.165) is 57.1 Å². The first-order valence-corrected chi connectivity index (χ1v) is 19.6. The van der Waals surface area contributed by atoms with E-state index < -0.39 is 10.0 Å². The van der Waals surface area contributed by atoms with E-state index in [1.54, 1.807) is 78.7 Å². The lowest BCUT2D eigenvalue weighted by Crippen LogP contribution is -2.45. The molecule has 0 radical (unpaired) electrons. The van der Waals surface area contributed by atoms with Crippen LogP contribution in [0.5, 0.6) is 5.75 Å². The topological polar surface area (TPSA) is 164 Å². The molecule has 0 spiro atoms. The number of nitrogens with one attached hydrogen (secondary N) is 5. The third kappa shape index (κ3) is 14.8. The molecule has 2 aromatic carbocycles. The van der Waals surface area contributed by atoms with E-state index in [1.807, 2.05) is 12.1 Å². The van der Waals surface area contributed by atoms with Crippen LogP contribution in [0.3, 0.4) is 0 Å². The van der Waals surface area contributed by atoms with Gasteiger partial charge in [-0.3, -0.25) is 35.0 Å². The quantitative estimate of drug-likeness (QED) is 0.0349. The van der Waals surface area contributed by atoms with Crippen molar-refractivity contribution in [2.75, 3.05) is 29.8 Å². The van der Waals surface area contributed by atoms with Gasteiger partial charge in [-0.25, -0.2) is 13.9 Å². The van der Waals surface area contributed by atoms with E-state index in [9.17, 15) is 18.0 Å². The summed E-state index contributed by atoms with van der Waals surface area (Å²) < 4.78 is 36.1. The number of pyridine rings is 2. The second kappa shape index (κ2) is 22.1. The predicted molar refractivity (Wildman–Crippen MR) is 204 cm³/mol. The normalized spacial score (nSPS) is 11.1. The van der Waals surface area contributed by atoms with E-state index in [2.05, 4.69) is 38.3 Å². The highest BCUT2D eigenvalue weighted by atomic mass is 32.2. The zero-order valence-electron chi connectivity index (χ0n) is 30.6. The molecule has 53 heavy (non-hydrogen) atoms. The molecule has 0 aliphatic rings. The predicted octanol–water partition coefficient (Wildman–Crippen LogP) is 5.59. The van der Waals surface area contributed by atoms with Crippen LogP contribution < -0.4 is 35.7 Å². The number of nitrogens with zero attached hydrogens (tertiary/aromatic N) is 2. The summed E-state index contributed by atoms with van der Waals surface area (Å²) >= 11 is 0. The van der Waals surface area contributed by atoms with Crippen LogP contribution in [0, 0.1) is 6.92 Å². The summed E-state index contributed by atoms with van der Waals surface area (Å²) in [5.74, 6) is 0.134. The molecule has 0 aliphatic carbocycles. The average Bonchev–Trinajstić information content (AvgIpc) is 3.16. The Kier molecular flexibility index (Phi) is 17.0. The molecule has 0 fully saturated rings. The number of benzene rings is 2. The van der Waals surface area contributed by atoms with Crippen LogP contribution >= 0.6 is 0 Å². The number of amides is 2. The van der Waals surface area contributed by atoms with Gasteiger partial charge in [0.05, 0.1) is 23.8 Å². The molecular weight excluding hydrogens is 695 g/mol. The van der Waals surface area contributed by atoms with Crippen LogP contribution in [-0.4, -0.2) is 44.9 Å². The molecule has 2 amide bonds. The Morgan fingerprint density at radius 3 is 2.43 bits per heavy atom. The maximum Gasteiger partial charge on any atom is 0.304 e. The number of hydrogen-bond acceptors (Lipinski definition) is 9. The van der Waals surface area contributed by atoms with Gasteiger partial charge in [-0.15, -0.1) is 0 Å². The van der Waals surface area contributed by atoms with E-state index in [4.69, 9.17) is 9.57 Å². The lowest BCUT2D eigenvalue weighted by molar-refractivity contribution is -0.684. The molecule has 13 nitrogen and oxygen atoms in total. The molecule has 0 saturated heterocycles. The number of aromatic nitrogens is 2. The van der Waals surface area contributed by atoms with E-state index in [-0.39, 0.29) is 23.3 Å². The fourth-order valence-corrected chi connectivity index (χ4v) is 6.41. The van der Waals surface area contributed by atoms with Crippen molar-refractivity contribution in [2.24, 2.45) is 0 Å². The first-order valence-electron chi connectivity index (χ1n) is 18.2. The Morgan fingerprint density at radius 2 is 1.68 bits per heavy atom. The summed E-state index contributed by atoms with van der Waals surface area (Å²) in [5.41, 5.74) is 11.5. The lowest BCUT2D eigenvalue weighted by Gasteiger charge is -2.13. The summed E-state index contributed by atoms with van der Waals surface area (Å²) in [5, 5.41) is 2.94. The zero-order chi connectivity index (χ0) is 37.7. The van der Waals surface area contributed by atoms with Crippen molar-refractivity contribution in [3.05, 3.63) is 108 Å². The first-order chi connectivity index (χ1) is 25.7. The van der Waals surface area contributed by atoms with Gasteiger partial charge in [0.15, 0.2) is 12.4 Å². The summed E-state index contributed by atoms with van der Waals surface area (Å²) in [4.78, 5) is 35.0. The van der Waals surface area contributed by atoms with Crippen molar-refractivity contribution in [3.8, 4) is 5.75 Å². The van der Waals surface area contributed by atoms with Crippen molar-refractivity contribution >= 4 is 33.2 Å². The van der Waals surface area contributed by atoms with Crippen LogP contribution in [0.25, 0.3) is 0 Å². The molecule has 14 heteroatoms. The molecule has 0 atom stereocenters. The molecule has 4 rings (SSSR count). The SMILES string of the molecule is CCCCCCOc1ccc(NS(=O)(=O)c2ccc(NNC(=O)C[n+]3cccc(C(=O)NCCCCCCNOCc4cccnc4)c3)c(C)c2)cc1. The minimum absolute atomic E-state index is 0.0355. The van der Waals surface area contributed by atoms with Crippen molar-refractivity contribution < 1.29 is 32.1 Å². The van der Waals surface area contributed by atoms with Crippen LogP contribution in [-0.2, 0) is 32.8 Å². The maximum atomic E-state index is 13.1. The molecule has 4 aromatic rings. The standard InChI is InChI=1S/C39H51N7O6S/c1-3-4-5-10-25-51-35-17-15-34(16-18-35)45-53(49,50)36-19-20-37(31(2)26-36)43-44-38(47)29-46-24-12-14-33(28-46)39(48)41-22-8-6-7-9-23-42-52-30-32-13-11-21-40-27-32/h11-21,24,26-28,42-43,45H,3-10,22-23,25,29-30H2,1-2H3,(H-,41,44,47,48)/p+1. The summed E-state index contributed by atoms with van der Waals surface area (Å²) in [7, 11) is -3.85. The number of anilines is 2. The van der Waals surface area contributed by atoms with Gasteiger partial charge in [0.1, 0.15) is 11.3 Å². The largest absolute Gasteiger partial charge is 0.494 e. The molecule has 2 heterocycles. The number of unbranched alkanes of at least 4 members (excludes halogenated alkanes) is 6. The lowest BCUT2D eigenvalue weighted by atomic mass is 10.2. The van der Waals surface area contributed by atoms with E-state index in [1.165, 1.54) is 18.6 Å². The minimum atomic E-state index is -3.85. The van der Waals surface area contributed by atoms with Crippen molar-refractivity contribution in [2.45, 2.75) is 83.3 Å². The van der Waals surface area contributed by atoms with Crippen LogP contribution in [0.2, 0.25) is 0 Å². The highest BCUT2D eigenvalue weighted by Crippen LogP contribution is 2.23. The highest BCUT2D eigenvalue weighted by Gasteiger charge is 2.17. The monoisotopic (exact) mass is 746 g/mol. The Hall–Kier alpha value is -5.05. The summed E-state index contributed by atoms with van der Waals surface area (Å²) in [6.07, 6.45) is 15.1. The highest BCUT2D eigenvalue weighted by molar-refractivity contribution is 7.92. The Labute approximate surface area is 312 Å². The third-order valence-corrected chi connectivity index (χ3v) is 9.60. The molecule has 0 aliphatic heterocycles. The zero-order valence-corrected chi connectivity index (χ0v) is 31.4. The molecule has 0 unspecified atom stereocenters. The number of aryl methyl sites for hydroxylation is 1. The minimum Gasteiger partial charge on any atom is -0.494 e. The molecular formula is C39H52N7O6S+. The maximum absolute atomic E-state index is 13.1. The Morgan fingerprint density at radius 1 is 0.887 bits per heavy atom. The average molecular weight is 747 g/mol. The second-order valence-corrected chi connectivity index (χ2v) is 14.4. The number of hydroxylamine groups is 1. The van der Waals surface area contributed by atoms with Gasteiger partial charge in [0.25, 0.3) is 15.9 Å². The van der Waals surface area contributed by atoms with Gasteiger partial charge in [-0.1, -0.05) is 45.1 Å². The smallest absolute Gasteiger partial charge is 0.304 e. The number of hydrogen-bond donors (Lipinski definition) is 5. The number of carbonyl (C=O) groups is 2. The van der Waals surface area contributed by atoms with Gasteiger partial charge in [-0.05, 0) is 91.9 Å². The fourth-order valence-electron chi connectivity index (χ4n) is 5.26. The fraction of sp³-hybridized carbons (Fsp3) is 0.385. The van der Waals surface area contributed by atoms with Gasteiger partial charge >= 0.3 is 5.91 Å². The van der Waals surface area contributed by atoms with Gasteiger partial charge < -0.3 is 10.1 Å². The molecule has 0 saturated carbocycles. The molecule has 5 N–H and O–H groups in total. The van der Waals surface area contributed by atoms with Gasteiger partial charge in [0.2, 0.25) is 6.54 Å². The number of carbonyl (C=O) groups excluding carboxylic acids is 2. The second-order valence-electron chi connectivity index (χ2n) is 12.7. The van der Waals surface area contributed by atoms with Crippen molar-refractivity contribution in [1.82, 2.24) is 21.2 Å². The Bertz CT molecular complexity index is 1830. The van der Waals surface area contributed by atoms with Crippen molar-refractivity contribution in [3.63, 3.8) is 0 Å².